The van der Waals surface area contributed by atoms with Gasteiger partial charge in [-0.2, -0.15) is 0 Å². The van der Waals surface area contributed by atoms with Crippen LogP contribution in [0.3, 0.4) is 0 Å². The molecule has 2 bridgehead atoms. The van der Waals surface area contributed by atoms with Crippen molar-refractivity contribution in [2.75, 3.05) is 0 Å². The van der Waals surface area contributed by atoms with Gasteiger partial charge in [-0.15, -0.1) is 0 Å². The van der Waals surface area contributed by atoms with E-state index < -0.39 is 104 Å². The third-order valence-electron chi connectivity index (χ3n) is 8.20. The van der Waals surface area contributed by atoms with Gasteiger partial charge in [0.1, 0.15) is 24.2 Å². The smallest absolute Gasteiger partial charge is 0.311 e. The van der Waals surface area contributed by atoms with Crippen molar-refractivity contribution >= 4 is 11.9 Å². The fraction of sp³-hybridized carbons (Fsp3) is 0.636. The monoisotopic (exact) mass is 667 g/mol. The van der Waals surface area contributed by atoms with Gasteiger partial charge < -0.3 is 60.4 Å². The second-order valence-corrected chi connectivity index (χ2v) is 12.3. The molecule has 0 saturated carbocycles. The van der Waals surface area contributed by atoms with Gasteiger partial charge in [-0.05, 0) is 20.3 Å². The molecule has 13 atom stereocenters. The quantitative estimate of drug-likeness (QED) is 0.147. The van der Waals surface area contributed by atoms with Crippen molar-refractivity contribution in [2.45, 2.75) is 125 Å². The summed E-state index contributed by atoms with van der Waals surface area (Å²) >= 11 is 0. The summed E-state index contributed by atoms with van der Waals surface area (Å²) in [4.78, 5) is 24.4. The van der Waals surface area contributed by atoms with Crippen molar-refractivity contribution in [3.05, 3.63) is 60.8 Å². The summed E-state index contributed by atoms with van der Waals surface area (Å²) in [6, 6.07) is -0.878. The second-order valence-electron chi connectivity index (χ2n) is 12.3. The Hall–Kier alpha value is -2.76. The van der Waals surface area contributed by atoms with E-state index in [9.17, 15) is 45.3 Å². The Morgan fingerprint density at radius 2 is 1.62 bits per heavy atom. The Bertz CT molecular complexity index is 1170. The first kappa shape index (κ1) is 38.7. The summed E-state index contributed by atoms with van der Waals surface area (Å²) in [5.74, 6) is -5.60. The van der Waals surface area contributed by atoms with E-state index in [4.69, 9.17) is 24.7 Å². The van der Waals surface area contributed by atoms with Crippen molar-refractivity contribution in [1.29, 1.82) is 0 Å². The number of allylic oxidation sites excluding steroid dienone is 6. The van der Waals surface area contributed by atoms with Gasteiger partial charge in [0.05, 0.1) is 49.1 Å². The predicted octanol–water partition coefficient (Wildman–Crippen LogP) is 0.103. The van der Waals surface area contributed by atoms with Crippen LogP contribution in [-0.4, -0.2) is 121 Å². The highest BCUT2D eigenvalue weighted by molar-refractivity contribution is 5.71. The molecule has 3 heterocycles. The van der Waals surface area contributed by atoms with E-state index in [1.807, 2.05) is 6.08 Å². The number of carboxylic acids is 1. The van der Waals surface area contributed by atoms with Gasteiger partial charge in [0.25, 0.3) is 0 Å². The number of nitrogens with two attached hydrogens (primary N) is 1. The Balaban J connectivity index is 1.90. The molecule has 3 rings (SSSR count). The third-order valence-corrected chi connectivity index (χ3v) is 8.20. The number of esters is 1. The maximum Gasteiger partial charge on any atom is 0.311 e. The molecule has 9 N–H and O–H groups in total. The molecule has 0 spiro atoms. The molecule has 0 aromatic rings. The van der Waals surface area contributed by atoms with Crippen molar-refractivity contribution in [3.8, 4) is 0 Å². The molecule has 2 fully saturated rings. The lowest BCUT2D eigenvalue weighted by atomic mass is 9.83. The molecule has 2 unspecified atom stereocenters. The molecular formula is C33H49NO13. The number of aliphatic carboxylic acids is 1. The number of carbonyl (C=O) groups is 2. The average Bonchev–Trinajstić information content (AvgIpc) is 2.96. The number of aliphatic hydroxyl groups excluding tert-OH is 5. The number of hydrogen-bond donors (Lipinski definition) is 8. The summed E-state index contributed by atoms with van der Waals surface area (Å²) in [6.45, 7) is 3.33. The average molecular weight is 668 g/mol. The normalized spacial score (nSPS) is 45.0. The Kier molecular flexibility index (Phi) is 14.9. The van der Waals surface area contributed by atoms with Crippen LogP contribution >= 0.6 is 0 Å². The van der Waals surface area contributed by atoms with E-state index in [2.05, 4.69) is 0 Å². The van der Waals surface area contributed by atoms with Crippen molar-refractivity contribution in [2.24, 2.45) is 11.7 Å². The van der Waals surface area contributed by atoms with Crippen LogP contribution in [0.1, 0.15) is 52.4 Å². The van der Waals surface area contributed by atoms with Gasteiger partial charge in [-0.3, -0.25) is 9.59 Å². The molecule has 2 saturated heterocycles. The predicted molar refractivity (Wildman–Crippen MR) is 167 cm³/mol. The van der Waals surface area contributed by atoms with Crippen LogP contribution in [0.2, 0.25) is 0 Å². The van der Waals surface area contributed by atoms with Gasteiger partial charge in [-0.1, -0.05) is 60.8 Å². The van der Waals surface area contributed by atoms with Crippen LogP contribution in [0, 0.1) is 5.92 Å². The number of hydrogen-bond acceptors (Lipinski definition) is 13. The first-order valence-electron chi connectivity index (χ1n) is 15.8. The summed E-state index contributed by atoms with van der Waals surface area (Å²) in [5.41, 5.74) is 5.90. The number of cyclic esters (lactones) is 1. The fourth-order valence-electron chi connectivity index (χ4n) is 5.69. The maximum atomic E-state index is 12.2. The molecule has 0 radical (unpaired) electrons. The van der Waals surface area contributed by atoms with Crippen LogP contribution in [-0.2, 0) is 28.5 Å². The van der Waals surface area contributed by atoms with Crippen LogP contribution in [0.25, 0.3) is 0 Å². The number of carbonyl (C=O) groups excluding carboxylic acids is 1. The Morgan fingerprint density at radius 1 is 0.936 bits per heavy atom. The molecule has 264 valence electrons. The molecule has 3 aliphatic rings. The molecule has 0 amide bonds. The van der Waals surface area contributed by atoms with Gasteiger partial charge >= 0.3 is 11.9 Å². The Morgan fingerprint density at radius 3 is 2.32 bits per heavy atom. The van der Waals surface area contributed by atoms with E-state index in [-0.39, 0.29) is 19.3 Å². The highest BCUT2D eigenvalue weighted by Gasteiger charge is 2.50. The van der Waals surface area contributed by atoms with Crippen LogP contribution in [0.15, 0.2) is 60.8 Å². The van der Waals surface area contributed by atoms with Crippen molar-refractivity contribution in [3.63, 3.8) is 0 Å². The standard InChI is InChI=1S/C33H49NO13/c1-19-11-8-6-4-3-5-7-9-14-23(46-32-30(40)29(39)28(34)20(2)45-32)16-25-27(31(41)42)24(37)18-33(43,47-25)17-22(36)13-10-12-21(35)15-26(38)44-19/h3-10,12,14,19-25,27-30,32,35-37,39-40,43H,11,13,15-18,34H2,1-2H3,(H,41,42)/b4-3+,7-5+,8-6+,12-10+,14-9+/t19-,20?,21+,22+,23+,24+,25+,27-,28-,29?,30+,32+,33-/m1/s1. The molecular weight excluding hydrogens is 618 g/mol. The van der Waals surface area contributed by atoms with Crippen LogP contribution < -0.4 is 5.73 Å². The number of rotatable bonds is 3. The summed E-state index contributed by atoms with van der Waals surface area (Å²) in [6.07, 6.45) is 3.58. The van der Waals surface area contributed by atoms with E-state index in [1.54, 1.807) is 56.4 Å². The lowest BCUT2D eigenvalue weighted by molar-refractivity contribution is -0.308. The molecule has 14 heteroatoms. The molecule has 0 aromatic heterocycles. The molecule has 0 aliphatic carbocycles. The van der Waals surface area contributed by atoms with Gasteiger partial charge in [0.15, 0.2) is 12.1 Å². The van der Waals surface area contributed by atoms with E-state index in [0.717, 1.165) is 0 Å². The largest absolute Gasteiger partial charge is 0.481 e. The number of ether oxygens (including phenoxy) is 4. The number of carboxylic acid groups (broad SMARTS) is 1. The van der Waals surface area contributed by atoms with Gasteiger partial charge in [-0.25, -0.2) is 0 Å². The molecule has 0 aromatic carbocycles. The molecule has 47 heavy (non-hydrogen) atoms. The zero-order valence-corrected chi connectivity index (χ0v) is 26.6. The minimum atomic E-state index is -2.14. The first-order chi connectivity index (χ1) is 22.2. The minimum absolute atomic E-state index is 0.0595. The minimum Gasteiger partial charge on any atom is -0.481 e. The molecule has 3 aliphatic heterocycles. The van der Waals surface area contributed by atoms with E-state index in [0.29, 0.717) is 6.42 Å². The summed E-state index contributed by atoms with van der Waals surface area (Å²) in [5, 5.41) is 74.0. The molecule has 14 nitrogen and oxygen atoms in total. The van der Waals surface area contributed by atoms with Gasteiger partial charge in [0, 0.05) is 25.7 Å². The Labute approximate surface area is 274 Å². The summed E-state index contributed by atoms with van der Waals surface area (Å²) in [7, 11) is 0. The second kappa shape index (κ2) is 18.1. The summed E-state index contributed by atoms with van der Waals surface area (Å²) < 4.78 is 22.9. The lowest BCUT2D eigenvalue weighted by Crippen LogP contribution is -2.61. The topological polar surface area (TPSA) is 239 Å². The third kappa shape index (κ3) is 12.0. The fourth-order valence-corrected chi connectivity index (χ4v) is 5.69. The highest BCUT2D eigenvalue weighted by atomic mass is 16.7. The zero-order valence-electron chi connectivity index (χ0n) is 26.6. The van der Waals surface area contributed by atoms with Crippen LogP contribution in [0.4, 0.5) is 0 Å². The van der Waals surface area contributed by atoms with E-state index >= 15 is 0 Å². The van der Waals surface area contributed by atoms with Crippen LogP contribution in [0.5, 0.6) is 0 Å². The first-order valence-corrected chi connectivity index (χ1v) is 15.8. The number of aliphatic hydroxyl groups is 6. The maximum absolute atomic E-state index is 12.2. The van der Waals surface area contributed by atoms with E-state index in [1.165, 1.54) is 12.2 Å². The van der Waals surface area contributed by atoms with Crippen molar-refractivity contribution < 1.29 is 64.3 Å². The van der Waals surface area contributed by atoms with Gasteiger partial charge in [0.2, 0.25) is 0 Å². The lowest BCUT2D eigenvalue weighted by Gasteiger charge is -2.45. The SMILES string of the molecule is CC1O[C@@H](O[C@H]2/C=C/C=C/C=C/C=C/C[C@@H](C)OC(=O)C[C@@H](O)/C=C/C[C@H](O)C[C@]3(O)C[C@H](O)[C@@H](C(=O)O)[C@H](C2)O3)[C@@H](O)C(O)[C@@H]1N. The zero-order chi connectivity index (χ0) is 34.7. The van der Waals surface area contributed by atoms with Crippen molar-refractivity contribution in [1.82, 2.24) is 0 Å². The number of fused-ring (bicyclic) bond motifs is 2. The highest BCUT2D eigenvalue weighted by Crippen LogP contribution is 2.38.